The van der Waals surface area contributed by atoms with Crippen LogP contribution in [0.5, 0.6) is 11.5 Å². The first-order valence-corrected chi connectivity index (χ1v) is 8.37. The lowest BCUT2D eigenvalue weighted by molar-refractivity contribution is 0.399. The number of benzene rings is 2. The van der Waals surface area contributed by atoms with Gasteiger partial charge in [-0.25, -0.2) is 0 Å². The van der Waals surface area contributed by atoms with Crippen molar-refractivity contribution in [1.82, 2.24) is 0 Å². The van der Waals surface area contributed by atoms with E-state index in [1.165, 1.54) is 0 Å². The average molecular weight is 465 g/mol. The molecule has 0 heterocycles. The molecule has 0 spiro atoms. The van der Waals surface area contributed by atoms with E-state index in [1.807, 2.05) is 24.3 Å². The lowest BCUT2D eigenvalue weighted by Crippen LogP contribution is -1.98. The van der Waals surface area contributed by atoms with Crippen molar-refractivity contribution in [3.63, 3.8) is 0 Å². The fraction of sp³-hybridized carbons (Fsp3) is 0.200. The molecule has 0 saturated heterocycles. The van der Waals surface area contributed by atoms with Crippen LogP contribution in [0.1, 0.15) is 16.0 Å². The van der Waals surface area contributed by atoms with Crippen molar-refractivity contribution in [3.05, 3.63) is 56.5 Å². The van der Waals surface area contributed by atoms with Gasteiger partial charge in [0.15, 0.2) is 0 Å². The topological polar surface area (TPSA) is 18.5 Å². The molecule has 0 fully saturated rings. The fourth-order valence-electron chi connectivity index (χ4n) is 1.94. The summed E-state index contributed by atoms with van der Waals surface area (Å²) >= 11 is 10.8. The molecule has 0 radical (unpaired) electrons. The van der Waals surface area contributed by atoms with Crippen molar-refractivity contribution < 1.29 is 9.47 Å². The van der Waals surface area contributed by atoms with Crippen molar-refractivity contribution in [1.29, 1.82) is 0 Å². The number of ether oxygens (including phenoxy) is 2. The SMILES string of the molecule is COc1ccc(OC)c(C(Br)c2cc(Br)cc(Br)c2)c1. The summed E-state index contributed by atoms with van der Waals surface area (Å²) in [6, 6.07) is 11.9. The second-order valence-corrected chi connectivity index (χ2v) is 6.92. The molecule has 2 aromatic carbocycles. The van der Waals surface area contributed by atoms with E-state index >= 15 is 0 Å². The molecule has 0 aliphatic carbocycles. The Kier molecular flexibility index (Phi) is 5.52. The Morgan fingerprint density at radius 2 is 1.55 bits per heavy atom. The molecule has 106 valence electrons. The van der Waals surface area contributed by atoms with Crippen LogP contribution in [0, 0.1) is 0 Å². The van der Waals surface area contributed by atoms with Gasteiger partial charge in [-0.3, -0.25) is 0 Å². The summed E-state index contributed by atoms with van der Waals surface area (Å²) in [4.78, 5) is 0.0151. The van der Waals surface area contributed by atoms with Gasteiger partial charge < -0.3 is 9.47 Å². The van der Waals surface area contributed by atoms with Gasteiger partial charge in [-0.2, -0.15) is 0 Å². The van der Waals surface area contributed by atoms with Crippen LogP contribution < -0.4 is 9.47 Å². The van der Waals surface area contributed by atoms with E-state index in [9.17, 15) is 0 Å². The average Bonchev–Trinajstić information content (AvgIpc) is 2.44. The standard InChI is InChI=1S/C15H13Br3O2/c1-19-12-3-4-14(20-2)13(8-12)15(18)9-5-10(16)7-11(17)6-9/h3-8,15H,1-2H3. The number of alkyl halides is 1. The molecule has 2 nitrogen and oxygen atoms in total. The molecule has 1 unspecified atom stereocenters. The van der Waals surface area contributed by atoms with Crippen LogP contribution >= 0.6 is 47.8 Å². The van der Waals surface area contributed by atoms with E-state index in [4.69, 9.17) is 9.47 Å². The number of hydrogen-bond donors (Lipinski definition) is 0. The van der Waals surface area contributed by atoms with Crippen molar-refractivity contribution in [2.45, 2.75) is 4.83 Å². The molecule has 0 aromatic heterocycles. The Morgan fingerprint density at radius 1 is 0.900 bits per heavy atom. The van der Waals surface area contributed by atoms with Crippen LogP contribution in [0.25, 0.3) is 0 Å². The predicted octanol–water partition coefficient (Wildman–Crippen LogP) is 5.71. The monoisotopic (exact) mass is 462 g/mol. The minimum Gasteiger partial charge on any atom is -0.497 e. The zero-order valence-corrected chi connectivity index (χ0v) is 15.7. The van der Waals surface area contributed by atoms with Crippen LogP contribution in [0.15, 0.2) is 45.3 Å². The Labute approximate surface area is 143 Å². The van der Waals surface area contributed by atoms with Crippen LogP contribution in [-0.2, 0) is 0 Å². The molecule has 0 N–H and O–H groups in total. The van der Waals surface area contributed by atoms with E-state index < -0.39 is 0 Å². The summed E-state index contributed by atoms with van der Waals surface area (Å²) in [5.41, 5.74) is 2.15. The molecule has 1 atom stereocenters. The van der Waals surface area contributed by atoms with Crippen molar-refractivity contribution in [3.8, 4) is 11.5 Å². The molecule has 0 saturated carbocycles. The zero-order valence-electron chi connectivity index (χ0n) is 11.0. The quantitative estimate of drug-likeness (QED) is 0.539. The molecule has 20 heavy (non-hydrogen) atoms. The minimum absolute atomic E-state index is 0.0151. The molecule has 0 aliphatic rings. The summed E-state index contributed by atoms with van der Waals surface area (Å²) in [5.74, 6) is 1.63. The van der Waals surface area contributed by atoms with E-state index in [1.54, 1.807) is 14.2 Å². The highest BCUT2D eigenvalue weighted by molar-refractivity contribution is 9.11. The summed E-state index contributed by atoms with van der Waals surface area (Å²) in [5, 5.41) is 0. The Bertz CT molecular complexity index is 594. The van der Waals surface area contributed by atoms with Gasteiger partial charge >= 0.3 is 0 Å². The van der Waals surface area contributed by atoms with Crippen molar-refractivity contribution >= 4 is 47.8 Å². The third-order valence-corrected chi connectivity index (χ3v) is 4.83. The zero-order chi connectivity index (χ0) is 14.7. The maximum atomic E-state index is 5.44. The predicted molar refractivity (Wildman–Crippen MR) is 92.2 cm³/mol. The van der Waals surface area contributed by atoms with Gasteiger partial charge in [-0.15, -0.1) is 0 Å². The van der Waals surface area contributed by atoms with Gasteiger partial charge in [0, 0.05) is 14.5 Å². The molecular formula is C15H13Br3O2. The normalized spacial score (nSPS) is 12.1. The Balaban J connectivity index is 2.48. The van der Waals surface area contributed by atoms with Crippen LogP contribution in [-0.4, -0.2) is 14.2 Å². The lowest BCUT2D eigenvalue weighted by Gasteiger charge is -2.16. The van der Waals surface area contributed by atoms with Crippen LogP contribution in [0.4, 0.5) is 0 Å². The summed E-state index contributed by atoms with van der Waals surface area (Å²) in [6.45, 7) is 0. The van der Waals surface area contributed by atoms with Gasteiger partial charge in [0.2, 0.25) is 0 Å². The van der Waals surface area contributed by atoms with E-state index in [0.29, 0.717) is 0 Å². The highest BCUT2D eigenvalue weighted by atomic mass is 79.9. The molecular weight excluding hydrogens is 452 g/mol. The number of halogens is 3. The minimum atomic E-state index is 0.0151. The number of hydrogen-bond acceptors (Lipinski definition) is 2. The largest absolute Gasteiger partial charge is 0.497 e. The van der Waals surface area contributed by atoms with E-state index in [2.05, 4.69) is 59.9 Å². The van der Waals surface area contributed by atoms with Crippen molar-refractivity contribution in [2.24, 2.45) is 0 Å². The van der Waals surface area contributed by atoms with Gasteiger partial charge in [-0.1, -0.05) is 47.8 Å². The molecule has 5 heteroatoms. The number of rotatable bonds is 4. The lowest BCUT2D eigenvalue weighted by atomic mass is 10.0. The third kappa shape index (κ3) is 3.57. The van der Waals surface area contributed by atoms with Gasteiger partial charge in [0.1, 0.15) is 11.5 Å². The highest BCUT2D eigenvalue weighted by Gasteiger charge is 2.17. The van der Waals surface area contributed by atoms with Crippen LogP contribution in [0.3, 0.4) is 0 Å². The van der Waals surface area contributed by atoms with Gasteiger partial charge in [0.05, 0.1) is 19.0 Å². The first kappa shape index (κ1) is 15.9. The van der Waals surface area contributed by atoms with Crippen LogP contribution in [0.2, 0.25) is 0 Å². The molecule has 0 bridgehead atoms. The smallest absolute Gasteiger partial charge is 0.123 e. The first-order valence-electron chi connectivity index (χ1n) is 5.87. The second kappa shape index (κ2) is 6.96. The maximum Gasteiger partial charge on any atom is 0.123 e. The molecule has 0 aliphatic heterocycles. The Morgan fingerprint density at radius 3 is 2.10 bits per heavy atom. The van der Waals surface area contributed by atoms with Gasteiger partial charge in [0.25, 0.3) is 0 Å². The first-order chi connectivity index (χ1) is 9.55. The highest BCUT2D eigenvalue weighted by Crippen LogP contribution is 2.40. The van der Waals surface area contributed by atoms with E-state index in [-0.39, 0.29) is 4.83 Å². The van der Waals surface area contributed by atoms with E-state index in [0.717, 1.165) is 31.6 Å². The van der Waals surface area contributed by atoms with Gasteiger partial charge in [-0.05, 0) is 42.0 Å². The maximum absolute atomic E-state index is 5.44. The molecule has 2 rings (SSSR count). The summed E-state index contributed by atoms with van der Waals surface area (Å²) in [7, 11) is 3.33. The molecule has 0 amide bonds. The third-order valence-electron chi connectivity index (χ3n) is 2.89. The Hall–Kier alpha value is -0.520. The molecule has 2 aromatic rings. The second-order valence-electron chi connectivity index (χ2n) is 4.17. The summed E-state index contributed by atoms with van der Waals surface area (Å²) < 4.78 is 12.8. The van der Waals surface area contributed by atoms with Crippen molar-refractivity contribution in [2.75, 3.05) is 14.2 Å². The summed E-state index contributed by atoms with van der Waals surface area (Å²) in [6.07, 6.45) is 0. The fourth-order valence-corrected chi connectivity index (χ4v) is 3.89. The number of methoxy groups -OCH3 is 2.